The van der Waals surface area contributed by atoms with Crippen molar-refractivity contribution < 1.29 is 39.7 Å². The highest BCUT2D eigenvalue weighted by molar-refractivity contribution is 7.85. The van der Waals surface area contributed by atoms with Crippen LogP contribution in [0.25, 0.3) is 0 Å². The highest BCUT2D eigenvalue weighted by Gasteiger charge is 2.28. The molecule has 0 heterocycles. The second-order valence-corrected chi connectivity index (χ2v) is 6.63. The lowest BCUT2D eigenvalue weighted by Crippen LogP contribution is -2.21. The van der Waals surface area contributed by atoms with Crippen LogP contribution >= 0.6 is 0 Å². The van der Waals surface area contributed by atoms with E-state index in [2.05, 4.69) is 12.6 Å². The van der Waals surface area contributed by atoms with E-state index in [4.69, 9.17) is 0 Å². The Morgan fingerprint density at radius 2 is 1.35 bits per heavy atom. The maximum Gasteiger partial charge on any atom is 0.200 e. The quantitative estimate of drug-likeness (QED) is 0.246. The average molecular weight is 378 g/mol. The molecular formula is C12H11F5O4S2. The van der Waals surface area contributed by atoms with Gasteiger partial charge in [-0.2, -0.15) is 0 Å². The van der Waals surface area contributed by atoms with Crippen LogP contribution in [0.15, 0.2) is 4.90 Å². The molecule has 4 nitrogen and oxygen atoms in total. The summed E-state index contributed by atoms with van der Waals surface area (Å²) in [5.74, 6) is -12.4. The van der Waals surface area contributed by atoms with Crippen LogP contribution in [0.4, 0.5) is 22.0 Å². The number of rotatable bonds is 1. The summed E-state index contributed by atoms with van der Waals surface area (Å²) < 4.78 is 92.9. The fourth-order valence-corrected chi connectivity index (χ4v) is 2.75. The SMILES string of the molecule is O=C1CCCCC1[SH2+].O=S(=O)([O-])c1c(F)c(F)c(F)c(F)c1F. The molecule has 0 bridgehead atoms. The Bertz CT molecular complexity index is 692. The molecule has 1 aliphatic carbocycles. The topological polar surface area (TPSA) is 74.3 Å². The first kappa shape index (κ1) is 19.8. The first-order valence-corrected chi connectivity index (χ1v) is 8.18. The second kappa shape index (κ2) is 7.58. The predicted molar refractivity (Wildman–Crippen MR) is 71.6 cm³/mol. The molecule has 0 radical (unpaired) electrons. The van der Waals surface area contributed by atoms with Gasteiger partial charge in [0.2, 0.25) is 5.82 Å². The molecule has 1 saturated carbocycles. The van der Waals surface area contributed by atoms with Crippen LogP contribution in [-0.2, 0) is 27.5 Å². The summed E-state index contributed by atoms with van der Waals surface area (Å²) in [6, 6.07) is 0. The summed E-state index contributed by atoms with van der Waals surface area (Å²) in [4.78, 5) is 8.37. The van der Waals surface area contributed by atoms with E-state index in [0.717, 1.165) is 19.3 Å². The molecule has 1 aromatic rings. The molecule has 0 aromatic heterocycles. The number of benzene rings is 1. The fraction of sp³-hybridized carbons (Fsp3) is 0.417. The third-order valence-electron chi connectivity index (χ3n) is 2.97. The van der Waals surface area contributed by atoms with E-state index in [9.17, 15) is 39.7 Å². The van der Waals surface area contributed by atoms with Crippen molar-refractivity contribution in [1.29, 1.82) is 0 Å². The summed E-state index contributed by atoms with van der Waals surface area (Å²) in [5.41, 5.74) is 0. The van der Waals surface area contributed by atoms with Crippen molar-refractivity contribution in [2.45, 2.75) is 35.8 Å². The van der Waals surface area contributed by atoms with Crippen LogP contribution in [-0.4, -0.2) is 24.0 Å². The minimum Gasteiger partial charge on any atom is -0.744 e. The highest BCUT2D eigenvalue weighted by Crippen LogP contribution is 2.26. The van der Waals surface area contributed by atoms with E-state index in [1.165, 1.54) is 6.42 Å². The number of hydrogen-bond acceptors (Lipinski definition) is 4. The number of ketones is 1. The Morgan fingerprint density at radius 3 is 1.65 bits per heavy atom. The van der Waals surface area contributed by atoms with Gasteiger partial charge in [-0.05, 0) is 25.5 Å². The zero-order valence-electron chi connectivity index (χ0n) is 11.3. The molecule has 1 aromatic carbocycles. The van der Waals surface area contributed by atoms with Crippen molar-refractivity contribution in [3.63, 3.8) is 0 Å². The number of hydrogen-bond donors (Lipinski definition) is 0. The second-order valence-electron chi connectivity index (χ2n) is 4.62. The van der Waals surface area contributed by atoms with Crippen LogP contribution in [0, 0.1) is 29.1 Å². The molecule has 0 spiro atoms. The normalized spacial score (nSPS) is 18.4. The molecule has 23 heavy (non-hydrogen) atoms. The van der Waals surface area contributed by atoms with Crippen molar-refractivity contribution in [2.75, 3.05) is 0 Å². The summed E-state index contributed by atoms with van der Waals surface area (Å²) in [5, 5.41) is 0.170. The van der Waals surface area contributed by atoms with Gasteiger partial charge in [0.25, 0.3) is 0 Å². The molecule has 1 atom stereocenters. The van der Waals surface area contributed by atoms with Crippen molar-refractivity contribution in [1.82, 2.24) is 0 Å². The average Bonchev–Trinajstić information content (AvgIpc) is 2.46. The molecule has 11 heteroatoms. The Balaban J connectivity index is 0.000000277. The summed E-state index contributed by atoms with van der Waals surface area (Å²) in [7, 11) is -5.77. The molecule has 1 unspecified atom stereocenters. The molecule has 130 valence electrons. The van der Waals surface area contributed by atoms with Crippen LogP contribution in [0.1, 0.15) is 25.7 Å². The lowest BCUT2D eigenvalue weighted by atomic mass is 9.99. The summed E-state index contributed by atoms with van der Waals surface area (Å²) >= 11 is 3.35. The van der Waals surface area contributed by atoms with Gasteiger partial charge in [-0.3, -0.25) is 4.79 Å². The molecule has 0 saturated heterocycles. The Morgan fingerprint density at radius 1 is 0.913 bits per heavy atom. The van der Waals surface area contributed by atoms with E-state index in [-0.39, 0.29) is 5.25 Å². The van der Waals surface area contributed by atoms with E-state index >= 15 is 0 Å². The minimum absolute atomic E-state index is 0.170. The highest BCUT2D eigenvalue weighted by atomic mass is 32.2. The van der Waals surface area contributed by atoms with Gasteiger partial charge in [0.1, 0.15) is 15.0 Å². The fourth-order valence-electron chi connectivity index (χ4n) is 1.79. The van der Waals surface area contributed by atoms with Crippen molar-refractivity contribution in [3.05, 3.63) is 29.1 Å². The molecule has 1 aliphatic rings. The van der Waals surface area contributed by atoms with E-state index in [0.29, 0.717) is 5.78 Å². The lowest BCUT2D eigenvalue weighted by molar-refractivity contribution is -0.119. The Labute approximate surface area is 133 Å². The number of Topliss-reactive ketones (excluding diaryl/α,β-unsaturated/α-hetero) is 1. The number of carbonyl (C=O) groups is 1. The molecule has 0 N–H and O–H groups in total. The third-order valence-corrected chi connectivity index (χ3v) is 4.44. The standard InChI is InChI=1S/C6HF5O3S.C6H10OS/c7-1-2(8)4(10)6(15(12,13)14)5(11)3(1)9;7-5-3-1-2-4-6(5)8/h(H,12,13,14);6,8H,1-4H2. The van der Waals surface area contributed by atoms with Gasteiger partial charge in [-0.15, -0.1) is 0 Å². The predicted octanol–water partition coefficient (Wildman–Crippen LogP) is 1.80. The third kappa shape index (κ3) is 4.64. The van der Waals surface area contributed by atoms with Crippen molar-refractivity contribution >= 4 is 28.5 Å². The maximum absolute atomic E-state index is 12.6. The first-order valence-electron chi connectivity index (χ1n) is 6.19. The van der Waals surface area contributed by atoms with Crippen LogP contribution in [0.3, 0.4) is 0 Å². The minimum atomic E-state index is -5.77. The maximum atomic E-state index is 12.6. The monoisotopic (exact) mass is 378 g/mol. The van der Waals surface area contributed by atoms with Crippen molar-refractivity contribution in [2.24, 2.45) is 0 Å². The zero-order valence-corrected chi connectivity index (χ0v) is 13.2. The molecule has 1 fully saturated rings. The van der Waals surface area contributed by atoms with Gasteiger partial charge >= 0.3 is 0 Å². The Hall–Kier alpha value is -1.20. The van der Waals surface area contributed by atoms with Gasteiger partial charge in [0, 0.05) is 12.8 Å². The Kier molecular flexibility index (Phi) is 6.54. The van der Waals surface area contributed by atoms with E-state index < -0.39 is 44.1 Å². The van der Waals surface area contributed by atoms with Crippen LogP contribution < -0.4 is 0 Å². The molecular weight excluding hydrogens is 367 g/mol. The van der Waals surface area contributed by atoms with Gasteiger partial charge in [0.05, 0.1) is 0 Å². The lowest BCUT2D eigenvalue weighted by Gasteiger charge is -2.10. The first-order chi connectivity index (χ1) is 10.5. The summed E-state index contributed by atoms with van der Waals surface area (Å²) in [6.45, 7) is 0. The molecule has 0 aliphatic heterocycles. The van der Waals surface area contributed by atoms with Gasteiger partial charge in [-0.25, -0.2) is 30.4 Å². The van der Waals surface area contributed by atoms with Gasteiger partial charge in [-0.1, -0.05) is 0 Å². The van der Waals surface area contributed by atoms with Crippen molar-refractivity contribution in [3.8, 4) is 0 Å². The molecule has 0 amide bonds. The smallest absolute Gasteiger partial charge is 0.200 e. The zero-order chi connectivity index (χ0) is 17.9. The number of carbonyl (C=O) groups excluding carboxylic acids is 1. The number of halogens is 5. The van der Waals surface area contributed by atoms with E-state index in [1.807, 2.05) is 0 Å². The summed E-state index contributed by atoms with van der Waals surface area (Å²) in [6.07, 6.45) is 4.13. The van der Waals surface area contributed by atoms with Crippen LogP contribution in [0.2, 0.25) is 0 Å². The molecule has 2 rings (SSSR count). The largest absolute Gasteiger partial charge is 0.744 e. The van der Waals surface area contributed by atoms with Gasteiger partial charge < -0.3 is 4.55 Å². The van der Waals surface area contributed by atoms with Gasteiger partial charge in [0.15, 0.2) is 34.3 Å². The van der Waals surface area contributed by atoms with Crippen LogP contribution in [0.5, 0.6) is 0 Å². The van der Waals surface area contributed by atoms with E-state index in [1.54, 1.807) is 0 Å².